The average Bonchev–Trinajstić information content (AvgIpc) is 3.03. The largest absolute Gasteiger partial charge is 0.508 e. The molecule has 160 valence electrons. The fraction of sp³-hybridized carbons (Fsp3) is 0.286. The third kappa shape index (κ3) is 3.58. The maximum Gasteiger partial charge on any atom is 0.197 e. The van der Waals surface area contributed by atoms with Crippen LogP contribution < -0.4 is 5.43 Å². The number of aliphatic hydroxyl groups is 1. The number of hydrogen-bond donors (Lipinski definition) is 4. The summed E-state index contributed by atoms with van der Waals surface area (Å²) in [5, 5.41) is 40.7. The third-order valence-corrected chi connectivity index (χ3v) is 5.92. The number of halogens is 2. The van der Waals surface area contributed by atoms with Gasteiger partial charge >= 0.3 is 0 Å². The molecule has 0 saturated carbocycles. The van der Waals surface area contributed by atoms with Crippen molar-refractivity contribution in [3.63, 3.8) is 0 Å². The van der Waals surface area contributed by atoms with Crippen LogP contribution in [0, 0.1) is 0 Å². The molecule has 9 heteroatoms. The molecule has 0 aliphatic carbocycles. The van der Waals surface area contributed by atoms with E-state index in [1.165, 1.54) is 24.3 Å². The molecular weight excluding hydrogens is 433 g/mol. The molecule has 0 radical (unpaired) electrons. The molecule has 3 aromatic rings. The van der Waals surface area contributed by atoms with Crippen LogP contribution in [0.25, 0.3) is 22.3 Å². The normalized spacial score (nSPS) is 19.2. The van der Waals surface area contributed by atoms with Crippen LogP contribution in [0.2, 0.25) is 5.02 Å². The van der Waals surface area contributed by atoms with E-state index in [2.05, 4.69) is 0 Å². The van der Waals surface area contributed by atoms with E-state index >= 15 is 0 Å². The Bertz CT molecular complexity index is 1160. The monoisotopic (exact) mass is 453 g/mol. The van der Waals surface area contributed by atoms with Crippen molar-refractivity contribution in [1.82, 2.24) is 4.90 Å². The Kier molecular flexibility index (Phi) is 6.19. The quantitative estimate of drug-likeness (QED) is 0.480. The van der Waals surface area contributed by atoms with Crippen LogP contribution >= 0.6 is 24.0 Å². The summed E-state index contributed by atoms with van der Waals surface area (Å²) < 4.78 is 5.98. The van der Waals surface area contributed by atoms with E-state index in [0.717, 1.165) is 6.07 Å². The van der Waals surface area contributed by atoms with Gasteiger partial charge in [-0.3, -0.25) is 4.79 Å². The smallest absolute Gasteiger partial charge is 0.197 e. The van der Waals surface area contributed by atoms with Gasteiger partial charge in [0.05, 0.1) is 11.6 Å². The molecule has 7 nitrogen and oxygen atoms in total. The van der Waals surface area contributed by atoms with Crippen LogP contribution in [-0.2, 0) is 0 Å². The molecule has 2 aromatic carbocycles. The predicted molar refractivity (Wildman–Crippen MR) is 116 cm³/mol. The van der Waals surface area contributed by atoms with Crippen molar-refractivity contribution in [2.45, 2.75) is 18.4 Å². The second-order valence-corrected chi connectivity index (χ2v) is 7.70. The van der Waals surface area contributed by atoms with Crippen LogP contribution in [0.15, 0.2) is 39.5 Å². The Hall–Kier alpha value is -2.45. The van der Waals surface area contributed by atoms with Crippen LogP contribution in [0.5, 0.6) is 17.2 Å². The fourth-order valence-corrected chi connectivity index (χ4v) is 4.34. The standard InChI is InChI=1S/C21H20ClNO6.ClH/c1-23-5-4-11(14(23)9-24)19-15(26)7-16(27)20-17(28)8-18(29-21(19)20)12-6-10(25)2-3-13(12)22;/h2-3,6-8,11,14,24-27H,4-5,9H2,1H3;1H/t11-,14+;/m0./s1. The topological polar surface area (TPSA) is 114 Å². The number of nitrogens with zero attached hydrogens (tertiary/aromatic N) is 1. The number of phenols is 3. The molecule has 0 unspecified atom stereocenters. The highest BCUT2D eigenvalue weighted by molar-refractivity contribution is 6.33. The Morgan fingerprint density at radius 2 is 1.90 bits per heavy atom. The highest BCUT2D eigenvalue weighted by atomic mass is 35.5. The summed E-state index contributed by atoms with van der Waals surface area (Å²) in [6.07, 6.45) is 0.635. The number of fused-ring (bicyclic) bond motifs is 1. The van der Waals surface area contributed by atoms with Gasteiger partial charge in [-0.05, 0) is 38.2 Å². The van der Waals surface area contributed by atoms with Gasteiger partial charge in [0.15, 0.2) is 5.43 Å². The van der Waals surface area contributed by atoms with Gasteiger partial charge in [-0.1, -0.05) is 11.6 Å². The number of likely N-dealkylation sites (N-methyl/N-ethyl adjacent to an activating group) is 1. The van der Waals surface area contributed by atoms with Crippen molar-refractivity contribution in [2.75, 3.05) is 20.2 Å². The maximum atomic E-state index is 12.8. The summed E-state index contributed by atoms with van der Waals surface area (Å²) in [4.78, 5) is 14.8. The summed E-state index contributed by atoms with van der Waals surface area (Å²) in [5.41, 5.74) is 0.201. The van der Waals surface area contributed by atoms with Crippen molar-refractivity contribution in [2.24, 2.45) is 0 Å². The molecule has 1 aromatic heterocycles. The van der Waals surface area contributed by atoms with Gasteiger partial charge in [0.25, 0.3) is 0 Å². The van der Waals surface area contributed by atoms with Gasteiger partial charge < -0.3 is 29.7 Å². The molecule has 30 heavy (non-hydrogen) atoms. The first kappa shape index (κ1) is 22.2. The second kappa shape index (κ2) is 8.35. The van der Waals surface area contributed by atoms with Gasteiger partial charge in [-0.2, -0.15) is 0 Å². The molecule has 2 atom stereocenters. The van der Waals surface area contributed by atoms with E-state index in [9.17, 15) is 25.2 Å². The number of benzene rings is 2. The number of rotatable bonds is 3. The number of hydrogen-bond acceptors (Lipinski definition) is 7. The molecule has 0 spiro atoms. The highest BCUT2D eigenvalue weighted by Gasteiger charge is 2.36. The highest BCUT2D eigenvalue weighted by Crippen LogP contribution is 2.44. The van der Waals surface area contributed by atoms with E-state index in [0.29, 0.717) is 24.1 Å². The Labute approximate surface area is 183 Å². The van der Waals surface area contributed by atoms with Crippen molar-refractivity contribution in [3.05, 3.63) is 51.1 Å². The first-order valence-electron chi connectivity index (χ1n) is 9.14. The third-order valence-electron chi connectivity index (χ3n) is 5.59. The van der Waals surface area contributed by atoms with Gasteiger partial charge in [-0.25, -0.2) is 0 Å². The molecular formula is C21H21Cl2NO6. The lowest BCUT2D eigenvalue weighted by molar-refractivity contribution is 0.172. The SMILES string of the molecule is CN1CC[C@H](c2c(O)cc(O)c3c(=O)cc(-c4cc(O)ccc4Cl)oc23)[C@H]1CO.Cl. The Morgan fingerprint density at radius 3 is 2.60 bits per heavy atom. The van der Waals surface area contributed by atoms with Gasteiger partial charge in [-0.15, -0.1) is 12.4 Å². The summed E-state index contributed by atoms with van der Waals surface area (Å²) in [6.45, 7) is 0.561. The molecule has 1 aliphatic heterocycles. The zero-order valence-electron chi connectivity index (χ0n) is 16.0. The minimum atomic E-state index is -0.508. The maximum absolute atomic E-state index is 12.8. The lowest BCUT2D eigenvalue weighted by atomic mass is 9.89. The van der Waals surface area contributed by atoms with E-state index < -0.39 is 11.2 Å². The Balaban J connectivity index is 0.00000256. The lowest BCUT2D eigenvalue weighted by Gasteiger charge is -2.24. The Morgan fingerprint density at radius 1 is 1.17 bits per heavy atom. The zero-order valence-corrected chi connectivity index (χ0v) is 17.6. The molecule has 4 N–H and O–H groups in total. The van der Waals surface area contributed by atoms with Crippen LogP contribution in [0.1, 0.15) is 17.9 Å². The molecule has 1 aliphatic rings. The summed E-state index contributed by atoms with van der Waals surface area (Å²) in [7, 11) is 1.87. The van der Waals surface area contributed by atoms with Crippen molar-refractivity contribution >= 4 is 35.0 Å². The van der Waals surface area contributed by atoms with Crippen LogP contribution in [0.3, 0.4) is 0 Å². The first-order chi connectivity index (χ1) is 13.8. The minimum absolute atomic E-state index is 0. The van der Waals surface area contributed by atoms with E-state index in [1.807, 2.05) is 11.9 Å². The molecule has 1 fully saturated rings. The molecule has 0 bridgehead atoms. The van der Waals surface area contributed by atoms with Crippen LogP contribution in [-0.4, -0.2) is 51.6 Å². The van der Waals surface area contributed by atoms with Crippen LogP contribution in [0.4, 0.5) is 0 Å². The second-order valence-electron chi connectivity index (χ2n) is 7.30. The van der Waals surface area contributed by atoms with Gasteiger partial charge in [0, 0.05) is 35.2 Å². The fourth-order valence-electron chi connectivity index (χ4n) is 4.13. The summed E-state index contributed by atoms with van der Waals surface area (Å²) >= 11 is 6.22. The van der Waals surface area contributed by atoms with Crippen molar-refractivity contribution in [3.8, 4) is 28.6 Å². The summed E-state index contributed by atoms with van der Waals surface area (Å²) in [6, 6.07) is 6.30. The summed E-state index contributed by atoms with van der Waals surface area (Å²) in [5.74, 6) is -0.858. The van der Waals surface area contributed by atoms with Crippen molar-refractivity contribution < 1.29 is 24.8 Å². The number of likely N-dealkylation sites (tertiary alicyclic amines) is 1. The minimum Gasteiger partial charge on any atom is -0.508 e. The molecule has 0 amide bonds. The lowest BCUT2D eigenvalue weighted by Crippen LogP contribution is -2.32. The predicted octanol–water partition coefficient (Wildman–Crippen LogP) is 3.43. The average molecular weight is 454 g/mol. The van der Waals surface area contributed by atoms with E-state index in [-0.39, 0.29) is 64.2 Å². The first-order valence-corrected chi connectivity index (χ1v) is 9.52. The number of aliphatic hydroxyl groups excluding tert-OH is 1. The molecule has 4 rings (SSSR count). The van der Waals surface area contributed by atoms with Gasteiger partial charge in [0.1, 0.15) is 34.0 Å². The molecule has 2 heterocycles. The van der Waals surface area contributed by atoms with Gasteiger partial charge in [0.2, 0.25) is 0 Å². The van der Waals surface area contributed by atoms with E-state index in [1.54, 1.807) is 0 Å². The van der Waals surface area contributed by atoms with E-state index in [4.69, 9.17) is 16.0 Å². The number of aromatic hydroxyl groups is 3. The molecule has 1 saturated heterocycles. The zero-order chi connectivity index (χ0) is 20.9. The number of phenolic OH excluding ortho intramolecular Hbond substituents is 3. The van der Waals surface area contributed by atoms with Crippen molar-refractivity contribution in [1.29, 1.82) is 0 Å².